The average molecular weight is 994 g/mol. The van der Waals surface area contributed by atoms with Crippen LogP contribution in [0.5, 0.6) is 0 Å². The van der Waals surface area contributed by atoms with E-state index in [0.717, 1.165) is 70.6 Å². The molecule has 0 aliphatic rings. The van der Waals surface area contributed by atoms with Crippen LogP contribution in [0, 0.1) is 0 Å². The van der Waals surface area contributed by atoms with Gasteiger partial charge in [0.1, 0.15) is 6.61 Å². The fourth-order valence-corrected chi connectivity index (χ4v) is 9.41. The summed E-state index contributed by atoms with van der Waals surface area (Å²) < 4.78 is 10.7. The molecule has 0 rings (SSSR count). The summed E-state index contributed by atoms with van der Waals surface area (Å²) >= 11 is 0. The maximum atomic E-state index is 12.3. The molecule has 71 heavy (non-hydrogen) atoms. The molecule has 0 spiro atoms. The number of aliphatic hydroxyl groups excluding tert-OH is 1. The lowest BCUT2D eigenvalue weighted by Crippen LogP contribution is -2.28. The summed E-state index contributed by atoms with van der Waals surface area (Å²) in [6.07, 6.45) is 83.7. The van der Waals surface area contributed by atoms with Crippen molar-refractivity contribution in [3.8, 4) is 0 Å². The van der Waals surface area contributed by atoms with Gasteiger partial charge in [-0.3, -0.25) is 9.59 Å². The van der Waals surface area contributed by atoms with Gasteiger partial charge >= 0.3 is 11.9 Å². The van der Waals surface area contributed by atoms with Crippen LogP contribution in [-0.2, 0) is 19.1 Å². The lowest BCUT2D eigenvalue weighted by atomic mass is 10.0. The Morgan fingerprint density at radius 1 is 0.338 bits per heavy atom. The van der Waals surface area contributed by atoms with Gasteiger partial charge in [-0.2, -0.15) is 0 Å². The topological polar surface area (TPSA) is 72.8 Å². The number of carbonyl (C=O) groups excluding carboxylic acids is 2. The van der Waals surface area contributed by atoms with Crippen molar-refractivity contribution in [3.05, 3.63) is 60.8 Å². The van der Waals surface area contributed by atoms with Crippen LogP contribution in [-0.4, -0.2) is 36.4 Å². The Labute approximate surface area is 442 Å². The van der Waals surface area contributed by atoms with Crippen molar-refractivity contribution in [2.24, 2.45) is 0 Å². The van der Waals surface area contributed by atoms with Gasteiger partial charge in [-0.25, -0.2) is 0 Å². The molecule has 0 heterocycles. The molecule has 0 aliphatic heterocycles. The predicted octanol–water partition coefficient (Wildman–Crippen LogP) is 21.4. The number of esters is 2. The van der Waals surface area contributed by atoms with Crippen LogP contribution in [0.4, 0.5) is 0 Å². The molecule has 0 aromatic rings. The molecule has 5 heteroatoms. The van der Waals surface area contributed by atoms with Crippen molar-refractivity contribution in [2.75, 3.05) is 13.2 Å². The van der Waals surface area contributed by atoms with Gasteiger partial charge in [-0.15, -0.1) is 0 Å². The first-order valence-electron chi connectivity index (χ1n) is 31.3. The minimum absolute atomic E-state index is 0.0645. The standard InChI is InChI=1S/C66H120O5/c1-3-5-7-9-11-13-15-17-19-21-23-25-27-29-31-32-33-35-36-38-40-42-44-46-48-50-52-54-56-58-60-65(68)70-63-64(62-67)71-66(69)61-59-57-55-53-51-49-47-45-43-41-39-37-34-30-28-26-24-22-20-18-16-14-12-10-8-6-4-2/h6,8,12,14,18,20,24,26,30,34,64,67H,3-5,7,9-11,13,15-17,19,21-23,25,27-29,31-33,35-63H2,1-2H3/b8-6-,14-12-,20-18-,26-24-,34-30-. The maximum absolute atomic E-state index is 12.3. The molecule has 0 aromatic carbocycles. The van der Waals surface area contributed by atoms with Gasteiger partial charge in [0.25, 0.3) is 0 Å². The summed E-state index contributed by atoms with van der Waals surface area (Å²) in [5.74, 6) is -0.579. The minimum Gasteiger partial charge on any atom is -0.462 e. The highest BCUT2D eigenvalue weighted by molar-refractivity contribution is 5.70. The molecule has 1 unspecified atom stereocenters. The predicted molar refractivity (Wildman–Crippen MR) is 311 cm³/mol. The highest BCUT2D eigenvalue weighted by atomic mass is 16.6. The van der Waals surface area contributed by atoms with Crippen LogP contribution in [0.3, 0.4) is 0 Å². The van der Waals surface area contributed by atoms with Crippen molar-refractivity contribution < 1.29 is 24.2 Å². The van der Waals surface area contributed by atoms with Gasteiger partial charge in [-0.1, -0.05) is 319 Å². The Hall–Kier alpha value is -2.40. The van der Waals surface area contributed by atoms with Gasteiger partial charge in [0, 0.05) is 12.8 Å². The molecule has 1 N–H and O–H groups in total. The van der Waals surface area contributed by atoms with Crippen LogP contribution < -0.4 is 0 Å². The highest BCUT2D eigenvalue weighted by Gasteiger charge is 2.16. The Morgan fingerprint density at radius 2 is 0.606 bits per heavy atom. The second-order valence-electron chi connectivity index (χ2n) is 21.1. The van der Waals surface area contributed by atoms with Crippen LogP contribution in [0.2, 0.25) is 0 Å². The van der Waals surface area contributed by atoms with Crippen molar-refractivity contribution in [3.63, 3.8) is 0 Å². The average Bonchev–Trinajstić information content (AvgIpc) is 3.37. The third-order valence-corrected chi connectivity index (χ3v) is 14.1. The molecule has 0 radical (unpaired) electrons. The first-order valence-corrected chi connectivity index (χ1v) is 31.3. The lowest BCUT2D eigenvalue weighted by molar-refractivity contribution is -0.161. The zero-order valence-electron chi connectivity index (χ0n) is 47.5. The molecule has 0 aromatic heterocycles. The van der Waals surface area contributed by atoms with E-state index in [-0.39, 0.29) is 25.2 Å². The molecule has 414 valence electrons. The van der Waals surface area contributed by atoms with Gasteiger partial charge in [0.05, 0.1) is 6.61 Å². The SMILES string of the molecule is CC/C=C\C/C=C\C/C=C\C/C=C\C/C=C\CCCCCCCCCCCCCC(=O)OC(CO)COC(=O)CCCCCCCCCCCCCCCCCCCCCCCCCCCCCCCC. The molecule has 0 fully saturated rings. The normalized spacial score (nSPS) is 12.5. The third-order valence-electron chi connectivity index (χ3n) is 14.1. The van der Waals surface area contributed by atoms with E-state index in [1.165, 1.54) is 231 Å². The summed E-state index contributed by atoms with van der Waals surface area (Å²) in [5.41, 5.74) is 0. The summed E-state index contributed by atoms with van der Waals surface area (Å²) in [4.78, 5) is 24.6. The Bertz CT molecular complexity index is 1210. The third kappa shape index (κ3) is 60.1. The fourth-order valence-electron chi connectivity index (χ4n) is 9.41. The molecule has 0 saturated carbocycles. The van der Waals surface area contributed by atoms with E-state index in [1.807, 2.05) is 0 Å². The smallest absolute Gasteiger partial charge is 0.306 e. The molecule has 0 saturated heterocycles. The van der Waals surface area contributed by atoms with Crippen LogP contribution in [0.25, 0.3) is 0 Å². The largest absolute Gasteiger partial charge is 0.462 e. The maximum Gasteiger partial charge on any atom is 0.306 e. The number of aliphatic hydroxyl groups is 1. The van der Waals surface area contributed by atoms with E-state index in [1.54, 1.807) is 0 Å². The van der Waals surface area contributed by atoms with E-state index in [0.29, 0.717) is 12.8 Å². The van der Waals surface area contributed by atoms with Crippen molar-refractivity contribution in [1.82, 2.24) is 0 Å². The van der Waals surface area contributed by atoms with E-state index in [9.17, 15) is 14.7 Å². The Balaban J connectivity index is 3.44. The summed E-state index contributed by atoms with van der Waals surface area (Å²) in [6, 6.07) is 0. The van der Waals surface area contributed by atoms with Gasteiger partial charge < -0.3 is 14.6 Å². The highest BCUT2D eigenvalue weighted by Crippen LogP contribution is 2.18. The molecule has 0 bridgehead atoms. The van der Waals surface area contributed by atoms with Crippen LogP contribution in [0.15, 0.2) is 60.8 Å². The first kappa shape index (κ1) is 68.6. The molecule has 0 amide bonds. The number of rotatable bonds is 58. The number of carbonyl (C=O) groups is 2. The van der Waals surface area contributed by atoms with Crippen molar-refractivity contribution >= 4 is 11.9 Å². The van der Waals surface area contributed by atoms with Crippen molar-refractivity contribution in [1.29, 1.82) is 0 Å². The second kappa shape index (κ2) is 61.9. The summed E-state index contributed by atoms with van der Waals surface area (Å²) in [7, 11) is 0. The molecule has 0 aliphatic carbocycles. The van der Waals surface area contributed by atoms with Crippen LogP contribution >= 0.6 is 0 Å². The molecule has 1 atom stereocenters. The van der Waals surface area contributed by atoms with E-state index >= 15 is 0 Å². The number of allylic oxidation sites excluding steroid dienone is 10. The second-order valence-corrected chi connectivity index (χ2v) is 21.1. The zero-order chi connectivity index (χ0) is 51.3. The van der Waals surface area contributed by atoms with Crippen molar-refractivity contribution in [2.45, 2.75) is 335 Å². The number of hydrogen-bond donors (Lipinski definition) is 1. The fraction of sp³-hybridized carbons (Fsp3) is 0.818. The summed E-state index contributed by atoms with van der Waals surface area (Å²) in [5, 5.41) is 9.68. The van der Waals surface area contributed by atoms with E-state index in [4.69, 9.17) is 9.47 Å². The lowest BCUT2D eigenvalue weighted by Gasteiger charge is -2.15. The summed E-state index contributed by atoms with van der Waals surface area (Å²) in [6.45, 7) is 4.07. The van der Waals surface area contributed by atoms with Crippen LogP contribution in [0.1, 0.15) is 328 Å². The molecule has 5 nitrogen and oxygen atoms in total. The number of ether oxygens (including phenoxy) is 2. The molecular formula is C66H120O5. The zero-order valence-corrected chi connectivity index (χ0v) is 47.5. The van der Waals surface area contributed by atoms with Gasteiger partial charge in [0.15, 0.2) is 6.10 Å². The molecular weight excluding hydrogens is 873 g/mol. The quantitative estimate of drug-likeness (QED) is 0.0373. The number of hydrogen-bond acceptors (Lipinski definition) is 5. The van der Waals surface area contributed by atoms with Gasteiger partial charge in [-0.05, 0) is 57.8 Å². The minimum atomic E-state index is -0.775. The monoisotopic (exact) mass is 993 g/mol. The van der Waals surface area contributed by atoms with E-state index in [2.05, 4.69) is 74.6 Å². The first-order chi connectivity index (χ1) is 35.1. The van der Waals surface area contributed by atoms with Gasteiger partial charge in [0.2, 0.25) is 0 Å². The van der Waals surface area contributed by atoms with E-state index < -0.39 is 6.10 Å². The Morgan fingerprint density at radius 3 is 0.915 bits per heavy atom. The number of unbranched alkanes of at least 4 members (excludes halogenated alkanes) is 40. The Kier molecular flexibility index (Phi) is 59.8.